The maximum absolute atomic E-state index is 11.8. The molecule has 0 radical (unpaired) electrons. The Balaban J connectivity index is 2.38. The summed E-state index contributed by atoms with van der Waals surface area (Å²) in [6, 6.07) is 0. The summed E-state index contributed by atoms with van der Waals surface area (Å²) in [6.45, 7) is 4.26. The van der Waals surface area contributed by atoms with Crippen molar-refractivity contribution in [3.05, 3.63) is 34.9 Å². The Labute approximate surface area is 99.6 Å². The minimum absolute atomic E-state index is 0.109. The van der Waals surface area contributed by atoms with E-state index in [1.165, 1.54) is 12.2 Å². The standard InChI is InChI=1S/C11H13NO4S/c1-2-5-17(15,16)8-6-10-9(11(13)14)3-4-12(10)7-8/h2,6H,1,3-5,7H2,(H,13,14). The van der Waals surface area contributed by atoms with E-state index in [1.807, 2.05) is 0 Å². The molecular formula is C11H13NO4S. The van der Waals surface area contributed by atoms with Crippen molar-refractivity contribution >= 4 is 15.8 Å². The highest BCUT2D eigenvalue weighted by molar-refractivity contribution is 7.95. The van der Waals surface area contributed by atoms with Crippen LogP contribution in [-0.4, -0.2) is 43.2 Å². The van der Waals surface area contributed by atoms with Crippen LogP contribution in [0.1, 0.15) is 6.42 Å². The molecule has 0 amide bonds. The lowest BCUT2D eigenvalue weighted by Gasteiger charge is -2.13. The number of carboxylic acid groups (broad SMARTS) is 1. The van der Waals surface area contributed by atoms with Crippen LogP contribution >= 0.6 is 0 Å². The van der Waals surface area contributed by atoms with Gasteiger partial charge >= 0.3 is 5.97 Å². The SMILES string of the molecule is C=CCS(=O)(=O)C1=CC2=C(C(=O)O)CCN2C1. The molecule has 0 aliphatic carbocycles. The van der Waals surface area contributed by atoms with Gasteiger partial charge in [0.2, 0.25) is 0 Å². The molecule has 2 aliphatic rings. The predicted octanol–water partition coefficient (Wildman–Crippen LogP) is 0.529. The maximum Gasteiger partial charge on any atom is 0.333 e. The number of rotatable bonds is 4. The molecule has 0 atom stereocenters. The molecular weight excluding hydrogens is 242 g/mol. The highest BCUT2D eigenvalue weighted by atomic mass is 32.2. The second kappa shape index (κ2) is 4.03. The van der Waals surface area contributed by atoms with E-state index in [0.717, 1.165) is 0 Å². The molecule has 0 unspecified atom stereocenters. The van der Waals surface area contributed by atoms with E-state index in [0.29, 0.717) is 24.2 Å². The molecule has 0 aromatic carbocycles. The van der Waals surface area contributed by atoms with Crippen molar-refractivity contribution in [2.45, 2.75) is 6.42 Å². The van der Waals surface area contributed by atoms with Crippen molar-refractivity contribution in [1.29, 1.82) is 0 Å². The van der Waals surface area contributed by atoms with Crippen LogP contribution in [0.15, 0.2) is 34.9 Å². The van der Waals surface area contributed by atoms with Gasteiger partial charge in [-0.15, -0.1) is 6.58 Å². The molecule has 92 valence electrons. The summed E-state index contributed by atoms with van der Waals surface area (Å²) in [5.74, 6) is -1.08. The van der Waals surface area contributed by atoms with Crippen molar-refractivity contribution in [2.24, 2.45) is 0 Å². The first-order valence-electron chi connectivity index (χ1n) is 5.21. The third kappa shape index (κ3) is 2.00. The molecule has 0 saturated heterocycles. The van der Waals surface area contributed by atoms with E-state index < -0.39 is 15.8 Å². The number of hydrogen-bond donors (Lipinski definition) is 1. The zero-order valence-corrected chi connectivity index (χ0v) is 10.0. The Morgan fingerprint density at radius 3 is 2.88 bits per heavy atom. The van der Waals surface area contributed by atoms with E-state index in [-0.39, 0.29) is 17.2 Å². The topological polar surface area (TPSA) is 74.7 Å². The van der Waals surface area contributed by atoms with Gasteiger partial charge in [0, 0.05) is 12.2 Å². The molecule has 2 aliphatic heterocycles. The van der Waals surface area contributed by atoms with Gasteiger partial charge in [0.05, 0.1) is 22.8 Å². The number of hydrogen-bond acceptors (Lipinski definition) is 4. The molecule has 2 heterocycles. The summed E-state index contributed by atoms with van der Waals surface area (Å²) in [5.41, 5.74) is 0.842. The molecule has 6 heteroatoms. The number of sulfone groups is 1. The number of carbonyl (C=O) groups is 1. The van der Waals surface area contributed by atoms with Crippen LogP contribution in [-0.2, 0) is 14.6 Å². The Morgan fingerprint density at radius 1 is 1.59 bits per heavy atom. The van der Waals surface area contributed by atoms with Crippen LogP contribution in [0, 0.1) is 0 Å². The minimum Gasteiger partial charge on any atom is -0.478 e. The van der Waals surface area contributed by atoms with Gasteiger partial charge in [0.15, 0.2) is 9.84 Å². The zero-order chi connectivity index (χ0) is 12.6. The van der Waals surface area contributed by atoms with Crippen LogP contribution in [0.5, 0.6) is 0 Å². The van der Waals surface area contributed by atoms with Gasteiger partial charge in [0.25, 0.3) is 0 Å². The zero-order valence-electron chi connectivity index (χ0n) is 9.22. The molecule has 0 spiro atoms. The maximum atomic E-state index is 11.8. The largest absolute Gasteiger partial charge is 0.478 e. The number of nitrogens with zero attached hydrogens (tertiary/aromatic N) is 1. The highest BCUT2D eigenvalue weighted by Gasteiger charge is 2.33. The normalized spacial score (nSPS) is 19.3. The van der Waals surface area contributed by atoms with E-state index in [4.69, 9.17) is 5.11 Å². The van der Waals surface area contributed by atoms with Gasteiger partial charge in [-0.3, -0.25) is 0 Å². The summed E-state index contributed by atoms with van der Waals surface area (Å²) < 4.78 is 23.6. The fraction of sp³-hybridized carbons (Fsp3) is 0.364. The quantitative estimate of drug-likeness (QED) is 0.742. The summed E-state index contributed by atoms with van der Waals surface area (Å²) in [7, 11) is -3.33. The first-order chi connectivity index (χ1) is 7.95. The Hall–Kier alpha value is -1.56. The van der Waals surface area contributed by atoms with Crippen LogP contribution < -0.4 is 0 Å². The Kier molecular flexibility index (Phi) is 2.82. The second-order valence-corrected chi connectivity index (χ2v) is 6.11. The minimum atomic E-state index is -3.33. The van der Waals surface area contributed by atoms with Gasteiger partial charge in [-0.1, -0.05) is 6.08 Å². The smallest absolute Gasteiger partial charge is 0.333 e. The first-order valence-corrected chi connectivity index (χ1v) is 6.86. The molecule has 2 rings (SSSR count). The lowest BCUT2D eigenvalue weighted by molar-refractivity contribution is -0.132. The van der Waals surface area contributed by atoms with E-state index in [9.17, 15) is 13.2 Å². The third-order valence-corrected chi connectivity index (χ3v) is 4.64. The first kappa shape index (κ1) is 11.9. The predicted molar refractivity (Wildman–Crippen MR) is 62.9 cm³/mol. The van der Waals surface area contributed by atoms with Gasteiger partial charge < -0.3 is 10.0 Å². The molecule has 0 aromatic rings. The third-order valence-electron chi connectivity index (χ3n) is 2.92. The summed E-state index contributed by atoms with van der Waals surface area (Å²) in [5, 5.41) is 8.97. The van der Waals surface area contributed by atoms with Crippen molar-refractivity contribution in [1.82, 2.24) is 4.90 Å². The average Bonchev–Trinajstić information content (AvgIpc) is 2.74. The molecule has 17 heavy (non-hydrogen) atoms. The molecule has 1 N–H and O–H groups in total. The van der Waals surface area contributed by atoms with Crippen molar-refractivity contribution in [2.75, 3.05) is 18.8 Å². The van der Waals surface area contributed by atoms with Gasteiger partial charge in [-0.05, 0) is 12.5 Å². The van der Waals surface area contributed by atoms with Gasteiger partial charge in [0.1, 0.15) is 0 Å². The second-order valence-electron chi connectivity index (χ2n) is 4.02. The van der Waals surface area contributed by atoms with Crippen molar-refractivity contribution < 1.29 is 18.3 Å². The summed E-state index contributed by atoms with van der Waals surface area (Å²) in [6.07, 6.45) is 3.29. The summed E-state index contributed by atoms with van der Waals surface area (Å²) in [4.78, 5) is 13.0. The lowest BCUT2D eigenvalue weighted by atomic mass is 10.2. The number of allylic oxidation sites excluding steroid dienone is 1. The summed E-state index contributed by atoms with van der Waals surface area (Å²) >= 11 is 0. The Morgan fingerprint density at radius 2 is 2.29 bits per heavy atom. The van der Waals surface area contributed by atoms with Crippen LogP contribution in [0.3, 0.4) is 0 Å². The fourth-order valence-electron chi connectivity index (χ4n) is 2.08. The lowest BCUT2D eigenvalue weighted by Crippen LogP contribution is -2.19. The van der Waals surface area contributed by atoms with E-state index >= 15 is 0 Å². The van der Waals surface area contributed by atoms with Crippen molar-refractivity contribution in [3.8, 4) is 0 Å². The molecule has 0 aromatic heterocycles. The number of fused-ring (bicyclic) bond motifs is 1. The molecule has 0 fully saturated rings. The van der Waals surface area contributed by atoms with Gasteiger partial charge in [-0.2, -0.15) is 0 Å². The Bertz CT molecular complexity index is 542. The molecule has 0 saturated carbocycles. The van der Waals surface area contributed by atoms with Crippen LogP contribution in [0.25, 0.3) is 0 Å². The highest BCUT2D eigenvalue weighted by Crippen LogP contribution is 2.32. The average molecular weight is 255 g/mol. The monoisotopic (exact) mass is 255 g/mol. The van der Waals surface area contributed by atoms with E-state index in [2.05, 4.69) is 6.58 Å². The van der Waals surface area contributed by atoms with Crippen LogP contribution in [0.4, 0.5) is 0 Å². The number of aliphatic carboxylic acids is 1. The van der Waals surface area contributed by atoms with Crippen molar-refractivity contribution in [3.63, 3.8) is 0 Å². The molecule has 5 nitrogen and oxygen atoms in total. The van der Waals surface area contributed by atoms with E-state index in [1.54, 1.807) is 4.90 Å². The van der Waals surface area contributed by atoms with Crippen LogP contribution in [0.2, 0.25) is 0 Å². The fourth-order valence-corrected chi connectivity index (χ4v) is 3.25. The molecule has 0 bridgehead atoms. The number of carboxylic acids is 1. The van der Waals surface area contributed by atoms with Gasteiger partial charge in [-0.25, -0.2) is 13.2 Å².